The third-order valence-electron chi connectivity index (χ3n) is 3.08. The number of nitrogens with zero attached hydrogens (tertiary/aromatic N) is 1. The van der Waals surface area contributed by atoms with Crippen LogP contribution in [-0.2, 0) is 5.54 Å². The second-order valence-electron chi connectivity index (χ2n) is 4.29. The van der Waals surface area contributed by atoms with Crippen molar-refractivity contribution in [3.8, 4) is 6.07 Å². The van der Waals surface area contributed by atoms with Crippen molar-refractivity contribution in [2.24, 2.45) is 5.73 Å². The van der Waals surface area contributed by atoms with Crippen LogP contribution in [0.4, 0.5) is 8.78 Å². The minimum absolute atomic E-state index is 0.163. The lowest BCUT2D eigenvalue weighted by atomic mass is 9.80. The molecule has 5 heteroatoms. The van der Waals surface area contributed by atoms with Crippen LogP contribution in [0.3, 0.4) is 0 Å². The van der Waals surface area contributed by atoms with Gasteiger partial charge in [0.1, 0.15) is 10.9 Å². The molecule has 0 unspecified atom stereocenters. The van der Waals surface area contributed by atoms with Crippen LogP contribution in [-0.4, -0.2) is 5.92 Å². The van der Waals surface area contributed by atoms with Crippen molar-refractivity contribution >= 4 is 11.3 Å². The Labute approximate surface area is 96.7 Å². The number of nitrogens with two attached hydrogens (primary N) is 1. The summed E-state index contributed by atoms with van der Waals surface area (Å²) in [6.45, 7) is 0. The lowest BCUT2D eigenvalue weighted by molar-refractivity contribution is -0.0509. The standard InChI is InChI=1S/C11H12F2N2S/c12-11(13)5-3-10(15,4-6-11)9-2-1-8(7-14)16-9/h1-2H,3-6,15H2. The summed E-state index contributed by atoms with van der Waals surface area (Å²) in [6.07, 6.45) is 0.239. The van der Waals surface area contributed by atoms with Crippen LogP contribution in [0, 0.1) is 11.3 Å². The number of alkyl halides is 2. The van der Waals surface area contributed by atoms with Crippen LogP contribution < -0.4 is 5.73 Å². The maximum absolute atomic E-state index is 13.0. The molecule has 1 aromatic rings. The fraction of sp³-hybridized carbons (Fsp3) is 0.545. The topological polar surface area (TPSA) is 49.8 Å². The number of halogens is 2. The van der Waals surface area contributed by atoms with Crippen LogP contribution >= 0.6 is 11.3 Å². The van der Waals surface area contributed by atoms with Gasteiger partial charge in [0.25, 0.3) is 0 Å². The van der Waals surface area contributed by atoms with Gasteiger partial charge in [-0.2, -0.15) is 5.26 Å². The molecule has 0 aromatic carbocycles. The maximum Gasteiger partial charge on any atom is 0.248 e. The van der Waals surface area contributed by atoms with E-state index in [4.69, 9.17) is 11.0 Å². The molecule has 2 N–H and O–H groups in total. The first-order valence-electron chi connectivity index (χ1n) is 5.12. The second-order valence-corrected chi connectivity index (χ2v) is 5.37. The van der Waals surface area contributed by atoms with E-state index in [1.807, 2.05) is 6.07 Å². The highest BCUT2D eigenvalue weighted by molar-refractivity contribution is 7.12. The molecule has 0 aliphatic heterocycles. The minimum Gasteiger partial charge on any atom is -0.321 e. The van der Waals surface area contributed by atoms with Crippen molar-refractivity contribution in [2.75, 3.05) is 0 Å². The Morgan fingerprint density at radius 3 is 2.38 bits per heavy atom. The SMILES string of the molecule is N#Cc1ccc(C2(N)CCC(F)(F)CC2)s1. The average Bonchev–Trinajstić information content (AvgIpc) is 2.72. The number of thiophene rings is 1. The summed E-state index contributed by atoms with van der Waals surface area (Å²) in [7, 11) is 0. The van der Waals surface area contributed by atoms with Crippen LogP contribution in [0.1, 0.15) is 35.4 Å². The Kier molecular flexibility index (Phi) is 2.72. The quantitative estimate of drug-likeness (QED) is 0.823. The van der Waals surface area contributed by atoms with Gasteiger partial charge in [-0.3, -0.25) is 0 Å². The molecule has 2 nitrogen and oxygen atoms in total. The number of hydrogen-bond donors (Lipinski definition) is 1. The van der Waals surface area contributed by atoms with Gasteiger partial charge in [-0.05, 0) is 25.0 Å². The first-order valence-corrected chi connectivity index (χ1v) is 5.94. The summed E-state index contributed by atoms with van der Waals surface area (Å²) in [5, 5.41) is 8.72. The lowest BCUT2D eigenvalue weighted by Gasteiger charge is -2.36. The van der Waals surface area contributed by atoms with Gasteiger partial charge in [0.2, 0.25) is 5.92 Å². The smallest absolute Gasteiger partial charge is 0.248 e. The van der Waals surface area contributed by atoms with E-state index in [0.717, 1.165) is 4.88 Å². The van der Waals surface area contributed by atoms with E-state index in [-0.39, 0.29) is 25.7 Å². The zero-order valence-corrected chi connectivity index (χ0v) is 9.49. The van der Waals surface area contributed by atoms with Crippen molar-refractivity contribution in [3.63, 3.8) is 0 Å². The zero-order valence-electron chi connectivity index (χ0n) is 8.67. The molecule has 16 heavy (non-hydrogen) atoms. The van der Waals surface area contributed by atoms with E-state index in [9.17, 15) is 8.78 Å². The Morgan fingerprint density at radius 1 is 1.25 bits per heavy atom. The van der Waals surface area contributed by atoms with Gasteiger partial charge in [0, 0.05) is 17.7 Å². The summed E-state index contributed by atoms with van der Waals surface area (Å²) in [5.41, 5.74) is 5.47. The van der Waals surface area contributed by atoms with Gasteiger partial charge < -0.3 is 5.73 Å². The number of nitriles is 1. The molecule has 0 bridgehead atoms. The molecule has 0 spiro atoms. The minimum atomic E-state index is -2.57. The number of rotatable bonds is 1. The molecule has 0 radical (unpaired) electrons. The van der Waals surface area contributed by atoms with E-state index >= 15 is 0 Å². The maximum atomic E-state index is 13.0. The molecule has 1 fully saturated rings. The van der Waals surface area contributed by atoms with Gasteiger partial charge in [0.15, 0.2) is 0 Å². The van der Waals surface area contributed by atoms with Gasteiger partial charge in [0.05, 0.1) is 5.54 Å². The molecule has 1 aromatic heterocycles. The summed E-state index contributed by atoms with van der Waals surface area (Å²) < 4.78 is 26.1. The summed E-state index contributed by atoms with van der Waals surface area (Å²) in [6, 6.07) is 5.51. The van der Waals surface area contributed by atoms with Gasteiger partial charge in [-0.25, -0.2) is 8.78 Å². The molecule has 0 amide bonds. The summed E-state index contributed by atoms with van der Waals surface area (Å²) >= 11 is 1.31. The second kappa shape index (κ2) is 3.79. The largest absolute Gasteiger partial charge is 0.321 e. The molecule has 0 atom stereocenters. The molecule has 1 aliphatic rings. The third-order valence-corrected chi connectivity index (χ3v) is 4.29. The predicted octanol–water partition coefficient (Wildman–Crippen LogP) is 2.98. The van der Waals surface area contributed by atoms with Gasteiger partial charge in [-0.1, -0.05) is 0 Å². The first kappa shape index (κ1) is 11.5. The Bertz CT molecular complexity index is 423. The Morgan fingerprint density at radius 2 is 1.88 bits per heavy atom. The summed E-state index contributed by atoms with van der Waals surface area (Å²) in [4.78, 5) is 1.43. The van der Waals surface area contributed by atoms with Gasteiger partial charge >= 0.3 is 0 Å². The first-order chi connectivity index (χ1) is 7.45. The van der Waals surface area contributed by atoms with Crippen LogP contribution in [0.2, 0.25) is 0 Å². The third kappa shape index (κ3) is 2.08. The fourth-order valence-corrected chi connectivity index (χ4v) is 2.94. The van der Waals surface area contributed by atoms with E-state index in [0.29, 0.717) is 4.88 Å². The van der Waals surface area contributed by atoms with Crippen molar-refractivity contribution in [3.05, 3.63) is 21.9 Å². The zero-order chi connectivity index (χ0) is 11.8. The molecular formula is C11H12F2N2S. The van der Waals surface area contributed by atoms with Crippen LogP contribution in [0.25, 0.3) is 0 Å². The van der Waals surface area contributed by atoms with Crippen molar-refractivity contribution in [1.29, 1.82) is 5.26 Å². The molecule has 1 saturated carbocycles. The van der Waals surface area contributed by atoms with Gasteiger partial charge in [-0.15, -0.1) is 11.3 Å². The van der Waals surface area contributed by atoms with Crippen LogP contribution in [0.15, 0.2) is 12.1 Å². The molecule has 1 heterocycles. The van der Waals surface area contributed by atoms with E-state index in [1.165, 1.54) is 11.3 Å². The van der Waals surface area contributed by atoms with Crippen molar-refractivity contribution in [1.82, 2.24) is 0 Å². The lowest BCUT2D eigenvalue weighted by Crippen LogP contribution is -2.42. The molecule has 86 valence electrons. The fourth-order valence-electron chi connectivity index (χ4n) is 1.97. The highest BCUT2D eigenvalue weighted by Gasteiger charge is 2.42. The predicted molar refractivity (Wildman–Crippen MR) is 58.3 cm³/mol. The molecular weight excluding hydrogens is 230 g/mol. The Balaban J connectivity index is 2.18. The van der Waals surface area contributed by atoms with E-state index in [1.54, 1.807) is 12.1 Å². The summed E-state index contributed by atoms with van der Waals surface area (Å²) in [5.74, 6) is -2.57. The number of hydrogen-bond acceptors (Lipinski definition) is 3. The normalized spacial score (nSPS) is 22.6. The molecule has 0 saturated heterocycles. The highest BCUT2D eigenvalue weighted by Crippen LogP contribution is 2.43. The van der Waals surface area contributed by atoms with Crippen molar-refractivity contribution in [2.45, 2.75) is 37.1 Å². The van der Waals surface area contributed by atoms with Crippen LogP contribution in [0.5, 0.6) is 0 Å². The molecule has 2 rings (SSSR count). The monoisotopic (exact) mass is 242 g/mol. The average molecular weight is 242 g/mol. The van der Waals surface area contributed by atoms with Crippen molar-refractivity contribution < 1.29 is 8.78 Å². The van der Waals surface area contributed by atoms with E-state index < -0.39 is 11.5 Å². The highest BCUT2D eigenvalue weighted by atomic mass is 32.1. The Hall–Kier alpha value is -0.990. The molecule has 1 aliphatic carbocycles. The van der Waals surface area contributed by atoms with E-state index in [2.05, 4.69) is 0 Å².